The van der Waals surface area contributed by atoms with Gasteiger partial charge in [0.05, 0.1) is 11.5 Å². The molecule has 0 heterocycles. The fourth-order valence-electron chi connectivity index (χ4n) is 3.29. The Labute approximate surface area is 217 Å². The highest BCUT2D eigenvalue weighted by Crippen LogP contribution is 2.35. The van der Waals surface area contributed by atoms with Gasteiger partial charge in [0.25, 0.3) is 11.6 Å². The van der Waals surface area contributed by atoms with Crippen LogP contribution in [0.3, 0.4) is 0 Å². The molecule has 3 aromatic rings. The number of nitro benzene ring substituents is 1. The first kappa shape index (κ1) is 26.4. The van der Waals surface area contributed by atoms with Crippen LogP contribution >= 0.6 is 15.9 Å². The van der Waals surface area contributed by atoms with Crippen LogP contribution in [-0.4, -0.2) is 17.4 Å². The second-order valence-corrected chi connectivity index (χ2v) is 8.75. The molecule has 0 spiro atoms. The standard InChI is InChI=1S/C27H24BrN3O5/c1-4-35-25-13-20(12-21(15-29)27(32)30-22-9-8-17(2)18(3)10-22)24(28)14-26(25)36-16-19-6-5-7-23(11-19)31(33)34/h5-14H,4,16H2,1-3H3,(H,30,32)/b21-12+. The van der Waals surface area contributed by atoms with Crippen LogP contribution in [0.1, 0.15) is 29.2 Å². The van der Waals surface area contributed by atoms with Gasteiger partial charge in [-0.1, -0.05) is 34.1 Å². The molecule has 0 bridgehead atoms. The molecular formula is C27H24BrN3O5. The summed E-state index contributed by atoms with van der Waals surface area (Å²) in [6, 6.07) is 17.0. The van der Waals surface area contributed by atoms with E-state index in [1.165, 1.54) is 18.2 Å². The molecule has 0 aliphatic carbocycles. The van der Waals surface area contributed by atoms with Gasteiger partial charge in [-0.25, -0.2) is 0 Å². The molecule has 3 rings (SSSR count). The van der Waals surface area contributed by atoms with E-state index in [4.69, 9.17) is 9.47 Å². The summed E-state index contributed by atoms with van der Waals surface area (Å²) in [5.41, 5.74) is 3.80. The van der Waals surface area contributed by atoms with E-state index in [0.29, 0.717) is 39.4 Å². The summed E-state index contributed by atoms with van der Waals surface area (Å²) in [5, 5.41) is 23.4. The third-order valence-corrected chi connectivity index (χ3v) is 6.00. The van der Waals surface area contributed by atoms with Crippen molar-refractivity contribution in [3.63, 3.8) is 0 Å². The quantitative estimate of drug-likeness (QED) is 0.141. The summed E-state index contributed by atoms with van der Waals surface area (Å²) >= 11 is 3.47. The molecule has 1 N–H and O–H groups in total. The minimum Gasteiger partial charge on any atom is -0.490 e. The number of nitriles is 1. The van der Waals surface area contributed by atoms with E-state index >= 15 is 0 Å². The predicted molar refractivity (Wildman–Crippen MR) is 141 cm³/mol. The van der Waals surface area contributed by atoms with E-state index in [1.54, 1.807) is 30.3 Å². The van der Waals surface area contributed by atoms with E-state index < -0.39 is 10.8 Å². The summed E-state index contributed by atoms with van der Waals surface area (Å²) in [6.07, 6.45) is 1.47. The minimum atomic E-state index is -0.531. The van der Waals surface area contributed by atoms with Crippen molar-refractivity contribution in [1.82, 2.24) is 0 Å². The second kappa shape index (κ2) is 12.0. The number of ether oxygens (including phenoxy) is 2. The van der Waals surface area contributed by atoms with Crippen LogP contribution in [-0.2, 0) is 11.4 Å². The molecule has 0 unspecified atom stereocenters. The van der Waals surface area contributed by atoms with Crippen LogP contribution in [0.5, 0.6) is 11.5 Å². The second-order valence-electron chi connectivity index (χ2n) is 7.89. The van der Waals surface area contributed by atoms with Crippen LogP contribution in [0.15, 0.2) is 64.6 Å². The Balaban J connectivity index is 1.85. The molecule has 0 aliphatic heterocycles. The third kappa shape index (κ3) is 6.71. The van der Waals surface area contributed by atoms with Crippen molar-refractivity contribution in [2.24, 2.45) is 0 Å². The van der Waals surface area contributed by atoms with Gasteiger partial charge in [0.2, 0.25) is 0 Å². The average molecular weight is 550 g/mol. The van der Waals surface area contributed by atoms with E-state index in [2.05, 4.69) is 21.2 Å². The number of carbonyl (C=O) groups excluding carboxylic acids is 1. The van der Waals surface area contributed by atoms with Gasteiger partial charge in [0.15, 0.2) is 11.5 Å². The number of non-ortho nitro benzene ring substituents is 1. The summed E-state index contributed by atoms with van der Waals surface area (Å²) < 4.78 is 12.2. The van der Waals surface area contributed by atoms with Crippen molar-refractivity contribution in [2.45, 2.75) is 27.4 Å². The van der Waals surface area contributed by atoms with Gasteiger partial charge >= 0.3 is 0 Å². The summed E-state index contributed by atoms with van der Waals surface area (Å²) in [6.45, 7) is 6.19. The minimum absolute atomic E-state index is 0.0223. The number of aryl methyl sites for hydroxylation is 2. The van der Waals surface area contributed by atoms with Crippen LogP contribution in [0.2, 0.25) is 0 Å². The van der Waals surface area contributed by atoms with Crippen LogP contribution in [0.25, 0.3) is 6.08 Å². The molecule has 0 radical (unpaired) electrons. The van der Waals surface area contributed by atoms with Crippen molar-refractivity contribution in [3.05, 3.63) is 97.0 Å². The van der Waals surface area contributed by atoms with Crippen molar-refractivity contribution in [3.8, 4) is 17.6 Å². The molecule has 0 aromatic heterocycles. The summed E-state index contributed by atoms with van der Waals surface area (Å²) in [4.78, 5) is 23.3. The maximum absolute atomic E-state index is 12.7. The van der Waals surface area contributed by atoms with Gasteiger partial charge in [0.1, 0.15) is 18.2 Å². The zero-order valence-electron chi connectivity index (χ0n) is 20.0. The smallest absolute Gasteiger partial charge is 0.269 e. The van der Waals surface area contributed by atoms with E-state index in [1.807, 2.05) is 39.0 Å². The van der Waals surface area contributed by atoms with Crippen LogP contribution in [0, 0.1) is 35.3 Å². The topological polar surface area (TPSA) is 114 Å². The fourth-order valence-corrected chi connectivity index (χ4v) is 3.72. The first-order chi connectivity index (χ1) is 17.2. The Bertz CT molecular complexity index is 1380. The molecule has 0 atom stereocenters. The van der Waals surface area contributed by atoms with Gasteiger partial charge in [0, 0.05) is 22.3 Å². The van der Waals surface area contributed by atoms with E-state index in [9.17, 15) is 20.2 Å². The van der Waals surface area contributed by atoms with E-state index in [0.717, 1.165) is 11.1 Å². The molecule has 1 amide bonds. The van der Waals surface area contributed by atoms with Crippen LogP contribution in [0.4, 0.5) is 11.4 Å². The Morgan fingerprint density at radius 3 is 2.53 bits per heavy atom. The number of benzene rings is 3. The number of amides is 1. The molecule has 0 saturated heterocycles. The van der Waals surface area contributed by atoms with Crippen LogP contribution < -0.4 is 14.8 Å². The molecule has 9 heteroatoms. The highest BCUT2D eigenvalue weighted by atomic mass is 79.9. The highest BCUT2D eigenvalue weighted by molar-refractivity contribution is 9.10. The lowest BCUT2D eigenvalue weighted by molar-refractivity contribution is -0.384. The molecule has 0 aliphatic rings. The average Bonchev–Trinajstić information content (AvgIpc) is 2.85. The fraction of sp³-hybridized carbons (Fsp3) is 0.185. The zero-order valence-corrected chi connectivity index (χ0v) is 21.6. The number of nitrogens with one attached hydrogen (secondary N) is 1. The molecule has 36 heavy (non-hydrogen) atoms. The Hall–Kier alpha value is -4.16. The van der Waals surface area contributed by atoms with Gasteiger partial charge in [-0.3, -0.25) is 14.9 Å². The normalized spacial score (nSPS) is 10.9. The number of rotatable bonds is 9. The summed E-state index contributed by atoms with van der Waals surface area (Å²) in [5.74, 6) is 0.284. The largest absolute Gasteiger partial charge is 0.490 e. The molecular weight excluding hydrogens is 526 g/mol. The van der Waals surface area contributed by atoms with Crippen molar-refractivity contribution < 1.29 is 19.2 Å². The first-order valence-corrected chi connectivity index (χ1v) is 11.8. The number of nitro groups is 1. The maximum Gasteiger partial charge on any atom is 0.269 e. The molecule has 8 nitrogen and oxygen atoms in total. The number of halogens is 1. The lowest BCUT2D eigenvalue weighted by Crippen LogP contribution is -2.13. The predicted octanol–water partition coefficient (Wildman–Crippen LogP) is 6.50. The number of hydrogen-bond donors (Lipinski definition) is 1. The van der Waals surface area contributed by atoms with Gasteiger partial charge in [-0.05, 0) is 73.4 Å². The monoisotopic (exact) mass is 549 g/mol. The molecule has 0 fully saturated rings. The maximum atomic E-state index is 12.7. The first-order valence-electron chi connectivity index (χ1n) is 11.0. The van der Waals surface area contributed by atoms with Crippen molar-refractivity contribution >= 4 is 39.3 Å². The Kier molecular flexibility index (Phi) is 8.81. The zero-order chi connectivity index (χ0) is 26.2. The molecule has 184 valence electrons. The number of nitrogens with zero attached hydrogens (tertiary/aromatic N) is 2. The SMILES string of the molecule is CCOc1cc(/C=C(\C#N)C(=O)Nc2ccc(C)c(C)c2)c(Br)cc1OCc1cccc([N+](=O)[O-])c1. The Morgan fingerprint density at radius 2 is 1.86 bits per heavy atom. The third-order valence-electron chi connectivity index (χ3n) is 5.31. The van der Waals surface area contributed by atoms with Crippen molar-refractivity contribution in [2.75, 3.05) is 11.9 Å². The summed E-state index contributed by atoms with van der Waals surface area (Å²) in [7, 11) is 0. The number of hydrogen-bond acceptors (Lipinski definition) is 6. The highest BCUT2D eigenvalue weighted by Gasteiger charge is 2.15. The van der Waals surface area contributed by atoms with Crippen molar-refractivity contribution in [1.29, 1.82) is 5.26 Å². The Morgan fingerprint density at radius 1 is 1.11 bits per heavy atom. The van der Waals surface area contributed by atoms with Gasteiger partial charge < -0.3 is 14.8 Å². The molecule has 3 aromatic carbocycles. The molecule has 0 saturated carbocycles. The number of carbonyl (C=O) groups is 1. The van der Waals surface area contributed by atoms with Gasteiger partial charge in [-0.2, -0.15) is 5.26 Å². The lowest BCUT2D eigenvalue weighted by atomic mass is 10.1. The van der Waals surface area contributed by atoms with E-state index in [-0.39, 0.29) is 17.9 Å². The van der Waals surface area contributed by atoms with Gasteiger partial charge in [-0.15, -0.1) is 0 Å². The number of anilines is 1. The lowest BCUT2D eigenvalue weighted by Gasteiger charge is -2.14.